The molecule has 2 aromatic rings. The minimum Gasteiger partial charge on any atom is -0.450 e. The number of carbonyl (C=O) groups is 2. The number of para-hydroxylation sites is 1. The molecule has 0 amide bonds. The molecule has 0 bridgehead atoms. The fourth-order valence-electron chi connectivity index (χ4n) is 1.84. The molecule has 0 aliphatic heterocycles. The molecule has 0 aliphatic rings. The molecule has 1 unspecified atom stereocenters. The highest BCUT2D eigenvalue weighted by Crippen LogP contribution is 2.30. The summed E-state index contributed by atoms with van der Waals surface area (Å²) in [6, 6.07) is 7.72. The minimum atomic E-state index is -1.42. The standard InChI is InChI=1S/C16H19NO6S2/c1-2-3-8-21-16(20)22-9-11(23-15(18)19)10-24-14-17-12-6-4-5-7-13(12)25-14/h4-7,11H,2-3,8-10H2,1H3,(H,18,19). The SMILES string of the molecule is CCCCOC(=O)OCC(CSc1nc2ccccc2s1)OC(=O)O. The zero-order valence-electron chi connectivity index (χ0n) is 13.7. The van der Waals surface area contributed by atoms with Gasteiger partial charge in [0.05, 0.1) is 16.8 Å². The molecule has 0 aliphatic carbocycles. The molecule has 1 aromatic carbocycles. The number of unbranched alkanes of at least 4 members (excludes halogenated alkanes) is 1. The molecule has 25 heavy (non-hydrogen) atoms. The zero-order chi connectivity index (χ0) is 18.1. The number of rotatable bonds is 9. The molecule has 0 saturated carbocycles. The highest BCUT2D eigenvalue weighted by Gasteiger charge is 2.18. The van der Waals surface area contributed by atoms with Gasteiger partial charge in [-0.1, -0.05) is 37.2 Å². The van der Waals surface area contributed by atoms with E-state index in [0.29, 0.717) is 0 Å². The van der Waals surface area contributed by atoms with Crippen LogP contribution in [0, 0.1) is 0 Å². The van der Waals surface area contributed by atoms with Gasteiger partial charge in [0.2, 0.25) is 0 Å². The first kappa shape index (κ1) is 19.3. The molecule has 1 heterocycles. The van der Waals surface area contributed by atoms with Crippen molar-refractivity contribution in [3.8, 4) is 0 Å². The minimum absolute atomic E-state index is 0.199. The van der Waals surface area contributed by atoms with Crippen molar-refractivity contribution in [2.75, 3.05) is 19.0 Å². The van der Waals surface area contributed by atoms with Gasteiger partial charge in [-0.25, -0.2) is 14.6 Å². The molecular formula is C16H19NO6S2. The van der Waals surface area contributed by atoms with Crippen molar-refractivity contribution in [1.82, 2.24) is 4.98 Å². The Bertz CT molecular complexity index is 672. The maximum Gasteiger partial charge on any atom is 0.508 e. The van der Waals surface area contributed by atoms with Crippen LogP contribution in [0.25, 0.3) is 10.2 Å². The van der Waals surface area contributed by atoms with Gasteiger partial charge in [-0.2, -0.15) is 0 Å². The smallest absolute Gasteiger partial charge is 0.450 e. The number of ether oxygens (including phenoxy) is 3. The lowest BCUT2D eigenvalue weighted by molar-refractivity contribution is 0.00239. The second-order valence-corrected chi connectivity index (χ2v) is 7.33. The molecule has 136 valence electrons. The van der Waals surface area contributed by atoms with Crippen molar-refractivity contribution in [2.45, 2.75) is 30.2 Å². The van der Waals surface area contributed by atoms with Gasteiger partial charge < -0.3 is 19.3 Å². The first-order chi connectivity index (χ1) is 12.1. The molecule has 2 rings (SSSR count). The molecule has 1 aromatic heterocycles. The summed E-state index contributed by atoms with van der Waals surface area (Å²) in [7, 11) is 0. The van der Waals surface area contributed by atoms with Crippen LogP contribution in [0.1, 0.15) is 19.8 Å². The summed E-state index contributed by atoms with van der Waals surface area (Å²) in [5.41, 5.74) is 0.890. The topological polar surface area (TPSA) is 95.0 Å². The quantitative estimate of drug-likeness (QED) is 0.385. The van der Waals surface area contributed by atoms with E-state index in [2.05, 4.69) is 4.98 Å². The van der Waals surface area contributed by atoms with Crippen LogP contribution in [-0.2, 0) is 14.2 Å². The van der Waals surface area contributed by atoms with Crippen LogP contribution in [0.2, 0.25) is 0 Å². The average molecular weight is 385 g/mol. The number of carbonyl (C=O) groups excluding carboxylic acids is 1. The monoisotopic (exact) mass is 385 g/mol. The van der Waals surface area contributed by atoms with Crippen molar-refractivity contribution in [1.29, 1.82) is 0 Å². The van der Waals surface area contributed by atoms with Crippen LogP contribution in [0.15, 0.2) is 28.6 Å². The van der Waals surface area contributed by atoms with Crippen molar-refractivity contribution >= 4 is 45.6 Å². The van der Waals surface area contributed by atoms with Crippen molar-refractivity contribution in [2.24, 2.45) is 0 Å². The highest BCUT2D eigenvalue weighted by molar-refractivity contribution is 8.01. The van der Waals surface area contributed by atoms with Crippen molar-refractivity contribution in [3.05, 3.63) is 24.3 Å². The third-order valence-corrected chi connectivity index (χ3v) is 5.35. The zero-order valence-corrected chi connectivity index (χ0v) is 15.3. The lowest BCUT2D eigenvalue weighted by atomic mass is 10.3. The first-order valence-corrected chi connectivity index (χ1v) is 9.56. The van der Waals surface area contributed by atoms with E-state index in [4.69, 9.17) is 19.3 Å². The fraction of sp³-hybridized carbons (Fsp3) is 0.438. The Morgan fingerprint density at radius 2 is 2.12 bits per heavy atom. The van der Waals surface area contributed by atoms with Gasteiger partial charge in [0, 0.05) is 5.75 Å². The number of thiazole rings is 1. The van der Waals surface area contributed by atoms with Crippen LogP contribution in [0.5, 0.6) is 0 Å². The number of hydrogen-bond donors (Lipinski definition) is 1. The first-order valence-electron chi connectivity index (χ1n) is 7.76. The molecule has 0 saturated heterocycles. The number of fused-ring (bicyclic) bond motifs is 1. The summed E-state index contributed by atoms with van der Waals surface area (Å²) in [6.07, 6.45) is -1.39. The summed E-state index contributed by atoms with van der Waals surface area (Å²) in [4.78, 5) is 26.7. The van der Waals surface area contributed by atoms with Crippen LogP contribution < -0.4 is 0 Å². The second kappa shape index (κ2) is 10.1. The van der Waals surface area contributed by atoms with Gasteiger partial charge in [-0.05, 0) is 18.6 Å². The third kappa shape index (κ3) is 6.79. The van der Waals surface area contributed by atoms with Crippen LogP contribution in [0.3, 0.4) is 0 Å². The Morgan fingerprint density at radius 1 is 1.32 bits per heavy atom. The lowest BCUT2D eigenvalue weighted by Crippen LogP contribution is -2.27. The van der Waals surface area contributed by atoms with E-state index in [-0.39, 0.29) is 19.0 Å². The Morgan fingerprint density at radius 3 is 2.84 bits per heavy atom. The van der Waals surface area contributed by atoms with E-state index in [1.165, 1.54) is 23.1 Å². The summed E-state index contributed by atoms with van der Waals surface area (Å²) < 4.78 is 16.4. The van der Waals surface area contributed by atoms with Gasteiger partial charge in [0.15, 0.2) is 4.34 Å². The van der Waals surface area contributed by atoms with Gasteiger partial charge in [-0.15, -0.1) is 11.3 Å². The molecule has 0 radical (unpaired) electrons. The Balaban J connectivity index is 1.84. The Kier molecular flexibility index (Phi) is 7.80. The van der Waals surface area contributed by atoms with E-state index < -0.39 is 18.4 Å². The van der Waals surface area contributed by atoms with E-state index >= 15 is 0 Å². The van der Waals surface area contributed by atoms with E-state index in [0.717, 1.165) is 27.4 Å². The summed E-state index contributed by atoms with van der Waals surface area (Å²) in [5, 5.41) is 8.82. The number of carboxylic acid groups (broad SMARTS) is 1. The third-order valence-electron chi connectivity index (χ3n) is 3.04. The summed E-state index contributed by atoms with van der Waals surface area (Å²) in [5.74, 6) is 0.286. The maximum absolute atomic E-state index is 11.4. The summed E-state index contributed by atoms with van der Waals surface area (Å²) >= 11 is 2.87. The van der Waals surface area contributed by atoms with Crippen LogP contribution >= 0.6 is 23.1 Å². The van der Waals surface area contributed by atoms with Gasteiger partial charge >= 0.3 is 12.3 Å². The number of nitrogens with zero attached hydrogens (tertiary/aromatic N) is 1. The average Bonchev–Trinajstić information content (AvgIpc) is 3.00. The molecule has 1 atom stereocenters. The predicted molar refractivity (Wildman–Crippen MR) is 95.4 cm³/mol. The Hall–Kier alpha value is -2.00. The van der Waals surface area contributed by atoms with Gasteiger partial charge in [-0.3, -0.25) is 0 Å². The Labute approximate surface area is 153 Å². The summed E-state index contributed by atoms with van der Waals surface area (Å²) in [6.45, 7) is 2.06. The molecule has 0 fully saturated rings. The normalized spacial score (nSPS) is 11.9. The second-order valence-electron chi connectivity index (χ2n) is 5.03. The van der Waals surface area contributed by atoms with Crippen molar-refractivity contribution < 1.29 is 28.9 Å². The van der Waals surface area contributed by atoms with Gasteiger partial charge in [0.1, 0.15) is 12.7 Å². The maximum atomic E-state index is 11.4. The lowest BCUT2D eigenvalue weighted by Gasteiger charge is -2.15. The molecule has 7 nitrogen and oxygen atoms in total. The van der Waals surface area contributed by atoms with E-state index in [9.17, 15) is 9.59 Å². The number of thioether (sulfide) groups is 1. The molecule has 1 N–H and O–H groups in total. The van der Waals surface area contributed by atoms with Crippen LogP contribution in [0.4, 0.5) is 9.59 Å². The number of hydrogen-bond acceptors (Lipinski definition) is 8. The molecule has 9 heteroatoms. The van der Waals surface area contributed by atoms with E-state index in [1.54, 1.807) is 0 Å². The predicted octanol–water partition coefficient (Wildman–Crippen LogP) is 4.40. The molecular weight excluding hydrogens is 366 g/mol. The largest absolute Gasteiger partial charge is 0.508 e. The highest BCUT2D eigenvalue weighted by atomic mass is 32.2. The number of aromatic nitrogens is 1. The van der Waals surface area contributed by atoms with E-state index in [1.807, 2.05) is 31.2 Å². The van der Waals surface area contributed by atoms with Crippen LogP contribution in [-0.4, -0.2) is 47.5 Å². The van der Waals surface area contributed by atoms with Gasteiger partial charge in [0.25, 0.3) is 0 Å². The molecule has 0 spiro atoms. The number of benzene rings is 1. The fourth-order valence-corrected chi connectivity index (χ4v) is 3.90. The van der Waals surface area contributed by atoms with Crippen molar-refractivity contribution in [3.63, 3.8) is 0 Å².